The van der Waals surface area contributed by atoms with E-state index in [0.29, 0.717) is 0 Å². The molecule has 0 bridgehead atoms. The summed E-state index contributed by atoms with van der Waals surface area (Å²) in [6.45, 7) is 0. The Balaban J connectivity index is 0.937. The molecular weight excluding hydrogens is 969 g/mol. The van der Waals surface area contributed by atoms with Crippen LogP contribution in [0.2, 0.25) is 0 Å². The van der Waals surface area contributed by atoms with Gasteiger partial charge in [0.1, 0.15) is 0 Å². The summed E-state index contributed by atoms with van der Waals surface area (Å²) in [7, 11) is 0. The van der Waals surface area contributed by atoms with Crippen molar-refractivity contribution in [3.63, 3.8) is 0 Å². The fourth-order valence-electron chi connectivity index (χ4n) is 13.7. The molecule has 13 aromatic carbocycles. The number of hydrogen-bond acceptors (Lipinski definition) is 4. The highest BCUT2D eigenvalue weighted by atomic mass is 32.1. The molecule has 2 aliphatic rings. The van der Waals surface area contributed by atoms with Crippen LogP contribution in [0.3, 0.4) is 0 Å². The first-order valence-corrected chi connectivity index (χ1v) is 28.1. The third-order valence-electron chi connectivity index (χ3n) is 16.8. The van der Waals surface area contributed by atoms with Gasteiger partial charge in [-0.2, -0.15) is 0 Å². The molecule has 0 atom stereocenters. The molecule has 0 N–H and O–H groups in total. The first-order valence-electron chi connectivity index (χ1n) is 26.5. The van der Waals surface area contributed by atoms with E-state index >= 15 is 0 Å². The molecule has 0 fully saturated rings. The van der Waals surface area contributed by atoms with Crippen molar-refractivity contribution in [2.45, 2.75) is 5.41 Å². The van der Waals surface area contributed by atoms with E-state index in [1.54, 1.807) is 0 Å². The summed E-state index contributed by atoms with van der Waals surface area (Å²) in [6, 6.07) is 100. The van der Waals surface area contributed by atoms with Crippen molar-refractivity contribution in [1.29, 1.82) is 0 Å². The van der Waals surface area contributed by atoms with Gasteiger partial charge in [-0.05, 0) is 162 Å². The van der Waals surface area contributed by atoms with Gasteiger partial charge < -0.3 is 9.80 Å². The Morgan fingerprint density at radius 1 is 0.273 bits per heavy atom. The lowest BCUT2D eigenvalue weighted by Crippen LogP contribution is -2.26. The van der Waals surface area contributed by atoms with Crippen LogP contribution < -0.4 is 9.80 Å². The molecule has 1 spiro atoms. The zero-order valence-electron chi connectivity index (χ0n) is 41.6. The van der Waals surface area contributed by atoms with E-state index in [1.807, 2.05) is 22.7 Å². The van der Waals surface area contributed by atoms with E-state index < -0.39 is 5.41 Å². The fraction of sp³-hybridized carbons (Fsp3) is 0.0137. The molecule has 0 unspecified atom stereocenters. The average molecular weight is 1010 g/mol. The molecular formula is C73H44N2S2. The van der Waals surface area contributed by atoms with Crippen LogP contribution in [-0.4, -0.2) is 0 Å². The van der Waals surface area contributed by atoms with Gasteiger partial charge in [-0.3, -0.25) is 0 Å². The van der Waals surface area contributed by atoms with Crippen LogP contribution in [0.15, 0.2) is 267 Å². The number of rotatable bonds is 6. The number of thiophene rings is 2. The van der Waals surface area contributed by atoms with Crippen molar-refractivity contribution in [3.05, 3.63) is 289 Å². The maximum absolute atomic E-state index is 2.56. The Hall–Kier alpha value is -9.32. The van der Waals surface area contributed by atoms with Gasteiger partial charge in [-0.25, -0.2) is 0 Å². The van der Waals surface area contributed by atoms with Gasteiger partial charge in [0.15, 0.2) is 0 Å². The van der Waals surface area contributed by atoms with Gasteiger partial charge in [0.2, 0.25) is 0 Å². The average Bonchev–Trinajstić information content (AvgIpc) is 4.29. The smallest absolute Gasteiger partial charge is 0.0731 e. The predicted molar refractivity (Wildman–Crippen MR) is 330 cm³/mol. The lowest BCUT2D eigenvalue weighted by atomic mass is 9.69. The summed E-state index contributed by atoms with van der Waals surface area (Å²) < 4.78 is 5.16. The maximum Gasteiger partial charge on any atom is 0.0731 e. The second-order valence-electron chi connectivity index (χ2n) is 20.6. The number of benzene rings is 13. The SMILES string of the molecule is c1ccc(N(c2ccc3cc4c(cc3c2)C2(c3ccccc3-c3ccccc32)c2c-4c3ccccc3c3cc(N(c4ccccc4)c4cccc5c4sc4ccccc45)ccc23)c2cccc3c2sc2ccccc23)cc1. The quantitative estimate of drug-likeness (QED) is 0.153. The highest BCUT2D eigenvalue weighted by molar-refractivity contribution is 7.26. The van der Waals surface area contributed by atoms with Crippen LogP contribution in [0.5, 0.6) is 0 Å². The van der Waals surface area contributed by atoms with Crippen molar-refractivity contribution in [2.24, 2.45) is 0 Å². The first kappa shape index (κ1) is 43.0. The third kappa shape index (κ3) is 6.00. The Labute approximate surface area is 453 Å². The topological polar surface area (TPSA) is 6.48 Å². The maximum atomic E-state index is 2.56. The summed E-state index contributed by atoms with van der Waals surface area (Å²) in [5.74, 6) is 0. The molecule has 358 valence electrons. The van der Waals surface area contributed by atoms with Crippen LogP contribution in [0, 0.1) is 0 Å². The number of fused-ring (bicyclic) bond motifs is 22. The van der Waals surface area contributed by atoms with E-state index in [4.69, 9.17) is 0 Å². The van der Waals surface area contributed by atoms with Gasteiger partial charge in [0.25, 0.3) is 0 Å². The van der Waals surface area contributed by atoms with Crippen molar-refractivity contribution in [1.82, 2.24) is 0 Å². The molecule has 0 saturated heterocycles. The minimum Gasteiger partial charge on any atom is -0.309 e. The van der Waals surface area contributed by atoms with E-state index in [9.17, 15) is 0 Å². The second kappa shape index (κ2) is 16.3. The molecule has 2 nitrogen and oxygen atoms in total. The summed E-state index contributed by atoms with van der Waals surface area (Å²) in [5.41, 5.74) is 16.9. The minimum absolute atomic E-state index is 0.602. The molecule has 0 radical (unpaired) electrons. The molecule has 0 amide bonds. The largest absolute Gasteiger partial charge is 0.309 e. The minimum atomic E-state index is -0.602. The lowest BCUT2D eigenvalue weighted by molar-refractivity contribution is 0.803. The van der Waals surface area contributed by atoms with E-state index in [2.05, 4.69) is 277 Å². The van der Waals surface area contributed by atoms with E-state index in [1.165, 1.54) is 129 Å². The van der Waals surface area contributed by atoms with Crippen molar-refractivity contribution in [3.8, 4) is 22.3 Å². The summed E-state index contributed by atoms with van der Waals surface area (Å²) >= 11 is 3.76. The Morgan fingerprint density at radius 3 is 1.38 bits per heavy atom. The summed E-state index contributed by atoms with van der Waals surface area (Å²) in [4.78, 5) is 4.95. The standard InChI is InChI=1S/C73H44N2S2/c1-3-19-47(20-4-1)74(65-33-17-29-58-54-26-11-15-35-67(54)76-71(58)65)49-38-37-45-42-61-64(43-46(45)41-49)73(62-31-13-9-24-52(62)53-25-10-14-32-63(53)73)70-57-40-39-50(44-60(57)51-23-7-8-28-56(51)69(61)70)75(48-21-5-2-6-22-48)66-34-18-30-59-55-27-12-16-36-68(55)77-72(59)66/h1-44H. The molecule has 0 aliphatic heterocycles. The third-order valence-corrected chi connectivity index (χ3v) is 19.2. The zero-order valence-corrected chi connectivity index (χ0v) is 43.2. The van der Waals surface area contributed by atoms with Crippen LogP contribution >= 0.6 is 22.7 Å². The lowest BCUT2D eigenvalue weighted by Gasteiger charge is -2.32. The number of para-hydroxylation sites is 2. The van der Waals surface area contributed by atoms with Crippen LogP contribution in [0.25, 0.3) is 94.9 Å². The fourth-order valence-corrected chi connectivity index (χ4v) is 16.1. The molecule has 15 aromatic rings. The van der Waals surface area contributed by atoms with Gasteiger partial charge in [-0.15, -0.1) is 22.7 Å². The Kier molecular flexibility index (Phi) is 9.12. The molecule has 4 heteroatoms. The van der Waals surface area contributed by atoms with E-state index in [-0.39, 0.29) is 0 Å². The van der Waals surface area contributed by atoms with Crippen molar-refractivity contribution in [2.75, 3.05) is 9.80 Å². The molecule has 2 aromatic heterocycles. The summed E-state index contributed by atoms with van der Waals surface area (Å²) in [6.07, 6.45) is 0. The monoisotopic (exact) mass is 1010 g/mol. The normalized spacial score (nSPS) is 13.0. The van der Waals surface area contributed by atoms with Crippen molar-refractivity contribution < 1.29 is 0 Å². The van der Waals surface area contributed by atoms with Gasteiger partial charge in [0, 0.05) is 53.7 Å². The van der Waals surface area contributed by atoms with Gasteiger partial charge in [0.05, 0.1) is 26.2 Å². The molecule has 2 heterocycles. The second-order valence-corrected chi connectivity index (χ2v) is 22.7. The van der Waals surface area contributed by atoms with Gasteiger partial charge in [-0.1, -0.05) is 182 Å². The van der Waals surface area contributed by atoms with Crippen LogP contribution in [0.4, 0.5) is 34.1 Å². The number of nitrogens with zero attached hydrogens (tertiary/aromatic N) is 2. The van der Waals surface area contributed by atoms with Gasteiger partial charge >= 0.3 is 0 Å². The molecule has 2 aliphatic carbocycles. The highest BCUT2D eigenvalue weighted by Gasteiger charge is 2.53. The Morgan fingerprint density at radius 2 is 0.766 bits per heavy atom. The predicted octanol–water partition coefficient (Wildman–Crippen LogP) is 21.2. The zero-order chi connectivity index (χ0) is 50.3. The van der Waals surface area contributed by atoms with Crippen LogP contribution in [0.1, 0.15) is 22.3 Å². The highest BCUT2D eigenvalue weighted by Crippen LogP contribution is 2.66. The van der Waals surface area contributed by atoms with E-state index in [0.717, 1.165) is 22.7 Å². The first-order chi connectivity index (χ1) is 38.2. The molecule has 17 rings (SSSR count). The molecule has 77 heavy (non-hydrogen) atoms. The Bertz CT molecular complexity index is 4910. The molecule has 0 saturated carbocycles. The number of hydrogen-bond donors (Lipinski definition) is 0. The number of anilines is 6. The van der Waals surface area contributed by atoms with Crippen LogP contribution in [-0.2, 0) is 5.41 Å². The van der Waals surface area contributed by atoms with Crippen molar-refractivity contribution >= 4 is 129 Å². The summed E-state index contributed by atoms with van der Waals surface area (Å²) in [5, 5.41) is 12.6.